The molecule has 0 spiro atoms. The van der Waals surface area contributed by atoms with E-state index in [4.69, 9.17) is 20.5 Å². The summed E-state index contributed by atoms with van der Waals surface area (Å²) in [5.74, 6) is 0.877. The smallest absolute Gasteiger partial charge is 0.405 e. The number of aryl methyl sites for hydroxylation is 1. The summed E-state index contributed by atoms with van der Waals surface area (Å²) in [6.45, 7) is 7.86. The standard InChI is InChI=1S/C21H24N6O3/c1-13(2)7-21(4,30-20(23)28)12-29-18-6-5-17(26-14(18)3)16-10-25-27-11-15(8-22)9-24-19(16)27/h5-6,9-11,13H,7,12H2,1-4H3,(H2,23,28)/t21-/m0/s1. The monoisotopic (exact) mass is 408 g/mol. The summed E-state index contributed by atoms with van der Waals surface area (Å²) in [6.07, 6.45) is 4.56. The van der Waals surface area contributed by atoms with E-state index in [0.717, 1.165) is 5.56 Å². The van der Waals surface area contributed by atoms with Crippen LogP contribution in [0, 0.1) is 24.2 Å². The molecule has 9 nitrogen and oxygen atoms in total. The number of ether oxygens (including phenoxy) is 2. The Kier molecular flexibility index (Phi) is 5.87. The summed E-state index contributed by atoms with van der Waals surface area (Å²) in [5, 5.41) is 13.3. The van der Waals surface area contributed by atoms with Crippen molar-refractivity contribution in [1.29, 1.82) is 5.26 Å². The number of fused-ring (bicyclic) bond motifs is 1. The van der Waals surface area contributed by atoms with Gasteiger partial charge < -0.3 is 15.2 Å². The number of carbonyl (C=O) groups excluding carboxylic acids is 1. The average molecular weight is 408 g/mol. The lowest BCUT2D eigenvalue weighted by molar-refractivity contribution is -0.0188. The predicted molar refractivity (Wildman–Crippen MR) is 110 cm³/mol. The van der Waals surface area contributed by atoms with Crippen LogP contribution in [-0.2, 0) is 4.74 Å². The first-order valence-electron chi connectivity index (χ1n) is 9.53. The Labute approximate surface area is 174 Å². The summed E-state index contributed by atoms with van der Waals surface area (Å²) in [6, 6.07) is 5.66. The van der Waals surface area contributed by atoms with Crippen molar-refractivity contribution in [3.8, 4) is 23.1 Å². The number of nitriles is 1. The fourth-order valence-electron chi connectivity index (χ4n) is 3.43. The van der Waals surface area contributed by atoms with E-state index in [-0.39, 0.29) is 6.61 Å². The van der Waals surface area contributed by atoms with Gasteiger partial charge >= 0.3 is 6.09 Å². The minimum atomic E-state index is -0.837. The zero-order valence-corrected chi connectivity index (χ0v) is 17.4. The van der Waals surface area contributed by atoms with Crippen LogP contribution in [0.15, 0.2) is 30.7 Å². The number of amides is 1. The fraction of sp³-hybridized carbons (Fsp3) is 0.381. The third kappa shape index (κ3) is 4.66. The van der Waals surface area contributed by atoms with Crippen LogP contribution in [0.2, 0.25) is 0 Å². The lowest BCUT2D eigenvalue weighted by atomic mass is 9.95. The van der Waals surface area contributed by atoms with Crippen molar-refractivity contribution in [1.82, 2.24) is 19.6 Å². The highest BCUT2D eigenvalue weighted by Gasteiger charge is 2.30. The van der Waals surface area contributed by atoms with Crippen LogP contribution in [0.4, 0.5) is 4.79 Å². The minimum Gasteiger partial charge on any atom is -0.488 e. The molecule has 0 radical (unpaired) electrons. The van der Waals surface area contributed by atoms with Gasteiger partial charge in [0.2, 0.25) is 0 Å². The quantitative estimate of drug-likeness (QED) is 0.635. The number of primary amides is 1. The Morgan fingerprint density at radius 3 is 2.77 bits per heavy atom. The van der Waals surface area contributed by atoms with Gasteiger partial charge in [0.25, 0.3) is 0 Å². The van der Waals surface area contributed by atoms with Gasteiger partial charge in [-0.05, 0) is 38.3 Å². The number of pyridine rings is 1. The third-order valence-electron chi connectivity index (χ3n) is 4.52. The minimum absolute atomic E-state index is 0.158. The molecule has 3 heterocycles. The average Bonchev–Trinajstić information content (AvgIpc) is 3.08. The van der Waals surface area contributed by atoms with Crippen LogP contribution in [0.5, 0.6) is 5.75 Å². The summed E-state index contributed by atoms with van der Waals surface area (Å²) in [5.41, 5.74) is 7.53. The summed E-state index contributed by atoms with van der Waals surface area (Å²) in [4.78, 5) is 20.2. The van der Waals surface area contributed by atoms with Gasteiger partial charge in [-0.15, -0.1) is 0 Å². The highest BCUT2D eigenvalue weighted by Crippen LogP contribution is 2.28. The lowest BCUT2D eigenvalue weighted by Gasteiger charge is -2.30. The summed E-state index contributed by atoms with van der Waals surface area (Å²) < 4.78 is 12.8. The lowest BCUT2D eigenvalue weighted by Crippen LogP contribution is -2.41. The van der Waals surface area contributed by atoms with E-state index in [2.05, 4.69) is 15.1 Å². The largest absolute Gasteiger partial charge is 0.488 e. The Morgan fingerprint density at radius 2 is 2.13 bits per heavy atom. The summed E-state index contributed by atoms with van der Waals surface area (Å²) >= 11 is 0. The molecule has 0 aromatic carbocycles. The number of hydrogen-bond donors (Lipinski definition) is 1. The van der Waals surface area contributed by atoms with E-state index >= 15 is 0 Å². The Morgan fingerprint density at radius 1 is 1.37 bits per heavy atom. The van der Waals surface area contributed by atoms with E-state index in [1.165, 1.54) is 6.20 Å². The van der Waals surface area contributed by atoms with Crippen LogP contribution in [0.3, 0.4) is 0 Å². The van der Waals surface area contributed by atoms with Gasteiger partial charge in [-0.2, -0.15) is 10.4 Å². The van der Waals surface area contributed by atoms with Gasteiger partial charge in [-0.25, -0.2) is 19.3 Å². The molecule has 1 atom stereocenters. The molecular formula is C21H24N6O3. The van der Waals surface area contributed by atoms with Crippen molar-refractivity contribution in [2.75, 3.05) is 6.61 Å². The molecule has 0 bridgehead atoms. The maximum absolute atomic E-state index is 11.3. The van der Waals surface area contributed by atoms with Crippen molar-refractivity contribution >= 4 is 11.7 Å². The van der Waals surface area contributed by atoms with Crippen LogP contribution >= 0.6 is 0 Å². The molecule has 0 saturated heterocycles. The van der Waals surface area contributed by atoms with Gasteiger partial charge in [0.1, 0.15) is 24.0 Å². The molecule has 0 aliphatic rings. The number of nitrogens with two attached hydrogens (primary N) is 1. The number of nitrogens with zero attached hydrogens (tertiary/aromatic N) is 5. The number of carbonyl (C=O) groups is 1. The van der Waals surface area contributed by atoms with Crippen molar-refractivity contribution in [3.63, 3.8) is 0 Å². The van der Waals surface area contributed by atoms with Crippen LogP contribution < -0.4 is 10.5 Å². The molecule has 0 aliphatic carbocycles. The van der Waals surface area contributed by atoms with Crippen LogP contribution in [0.25, 0.3) is 16.9 Å². The van der Waals surface area contributed by atoms with E-state index in [9.17, 15) is 4.79 Å². The molecule has 9 heteroatoms. The molecule has 156 valence electrons. The van der Waals surface area contributed by atoms with Gasteiger partial charge in [0, 0.05) is 6.20 Å². The number of hydrogen-bond acceptors (Lipinski definition) is 7. The van der Waals surface area contributed by atoms with E-state index in [0.29, 0.717) is 40.7 Å². The van der Waals surface area contributed by atoms with Gasteiger partial charge in [-0.3, -0.25) is 0 Å². The Balaban J connectivity index is 1.82. The molecule has 0 unspecified atom stereocenters. The molecule has 1 amide bonds. The molecule has 2 N–H and O–H groups in total. The van der Waals surface area contributed by atoms with Gasteiger partial charge in [0.05, 0.1) is 34.9 Å². The van der Waals surface area contributed by atoms with Gasteiger partial charge in [0.15, 0.2) is 5.65 Å². The van der Waals surface area contributed by atoms with E-state index in [1.54, 1.807) is 23.8 Å². The molecule has 3 rings (SSSR count). The van der Waals surface area contributed by atoms with Crippen molar-refractivity contribution < 1.29 is 14.3 Å². The van der Waals surface area contributed by atoms with Crippen molar-refractivity contribution in [2.24, 2.45) is 11.7 Å². The molecule has 3 aromatic heterocycles. The first-order chi connectivity index (χ1) is 14.2. The zero-order chi connectivity index (χ0) is 21.9. The zero-order valence-electron chi connectivity index (χ0n) is 17.4. The van der Waals surface area contributed by atoms with Crippen molar-refractivity contribution in [2.45, 2.75) is 39.7 Å². The van der Waals surface area contributed by atoms with E-state index in [1.807, 2.05) is 39.0 Å². The first-order valence-corrected chi connectivity index (χ1v) is 9.53. The van der Waals surface area contributed by atoms with Gasteiger partial charge in [-0.1, -0.05) is 13.8 Å². The van der Waals surface area contributed by atoms with Crippen molar-refractivity contribution in [3.05, 3.63) is 42.0 Å². The number of rotatable bonds is 7. The SMILES string of the molecule is Cc1nc(-c2cnn3cc(C#N)cnc23)ccc1OC[C@](C)(CC(C)C)OC(N)=O. The Bertz CT molecular complexity index is 1120. The second-order valence-electron chi connectivity index (χ2n) is 7.82. The normalized spacial score (nSPS) is 13.1. The maximum Gasteiger partial charge on any atom is 0.405 e. The molecule has 0 aliphatic heterocycles. The highest BCUT2D eigenvalue weighted by atomic mass is 16.6. The third-order valence-corrected chi connectivity index (χ3v) is 4.52. The number of aromatic nitrogens is 4. The van der Waals surface area contributed by atoms with Crippen LogP contribution in [0.1, 0.15) is 38.4 Å². The Hall–Kier alpha value is -3.67. The second kappa shape index (κ2) is 8.37. The molecular weight excluding hydrogens is 384 g/mol. The summed E-state index contributed by atoms with van der Waals surface area (Å²) in [7, 11) is 0. The topological polar surface area (TPSA) is 128 Å². The fourth-order valence-corrected chi connectivity index (χ4v) is 3.43. The van der Waals surface area contributed by atoms with E-state index < -0.39 is 11.7 Å². The van der Waals surface area contributed by atoms with Crippen LogP contribution in [-0.4, -0.2) is 37.9 Å². The first kappa shape index (κ1) is 21.0. The molecule has 0 fully saturated rings. The highest BCUT2D eigenvalue weighted by molar-refractivity contribution is 5.74. The molecule has 3 aromatic rings. The molecule has 0 saturated carbocycles. The molecule has 30 heavy (non-hydrogen) atoms. The predicted octanol–water partition coefficient (Wildman–Crippen LogP) is 3.25. The maximum atomic E-state index is 11.3. The second-order valence-corrected chi connectivity index (χ2v) is 7.82.